The zero-order valence-electron chi connectivity index (χ0n) is 9.30. The summed E-state index contributed by atoms with van der Waals surface area (Å²) in [6.45, 7) is 5.11. The molecule has 5 N–H and O–H groups in total. The average molecular weight is 216 g/mol. The number of amides is 3. The van der Waals surface area contributed by atoms with Crippen molar-refractivity contribution in [3.05, 3.63) is 0 Å². The molecule has 0 radical (unpaired) electrons. The minimum atomic E-state index is -0.582. The Balaban J connectivity index is 3.37. The lowest BCUT2D eigenvalue weighted by Crippen LogP contribution is -2.41. The van der Waals surface area contributed by atoms with Gasteiger partial charge in [0.25, 0.3) is 0 Å². The Morgan fingerprint density at radius 2 is 1.87 bits per heavy atom. The molecule has 0 saturated heterocycles. The van der Waals surface area contributed by atoms with Crippen molar-refractivity contribution in [3.8, 4) is 0 Å². The van der Waals surface area contributed by atoms with Gasteiger partial charge in [0.2, 0.25) is 5.91 Å². The molecule has 6 heteroatoms. The summed E-state index contributed by atoms with van der Waals surface area (Å²) in [5, 5.41) is 8.08. The van der Waals surface area contributed by atoms with Gasteiger partial charge in [0.15, 0.2) is 0 Å². The molecule has 0 aliphatic heterocycles. The highest BCUT2D eigenvalue weighted by Crippen LogP contribution is 1.85. The molecule has 0 aliphatic rings. The summed E-state index contributed by atoms with van der Waals surface area (Å²) < 4.78 is 0. The van der Waals surface area contributed by atoms with Crippen LogP contribution in [0.3, 0.4) is 0 Å². The third-order valence-electron chi connectivity index (χ3n) is 1.97. The summed E-state index contributed by atoms with van der Waals surface area (Å²) in [5.41, 5.74) is 4.85. The topological polar surface area (TPSA) is 96.2 Å². The molecule has 15 heavy (non-hydrogen) atoms. The quantitative estimate of drug-likeness (QED) is 0.418. The molecule has 0 heterocycles. The average Bonchev–Trinajstić information content (AvgIpc) is 2.20. The summed E-state index contributed by atoms with van der Waals surface area (Å²) in [6, 6.07) is -0.249. The molecule has 1 unspecified atom stereocenters. The minimum absolute atomic E-state index is 0.0819. The van der Waals surface area contributed by atoms with Crippen molar-refractivity contribution in [2.45, 2.75) is 26.3 Å². The van der Waals surface area contributed by atoms with Gasteiger partial charge in [-0.15, -0.1) is 0 Å². The number of hydrogen-bond donors (Lipinski definition) is 4. The van der Waals surface area contributed by atoms with Crippen LogP contribution < -0.4 is 21.7 Å². The van der Waals surface area contributed by atoms with Crippen molar-refractivity contribution in [1.82, 2.24) is 16.0 Å². The van der Waals surface area contributed by atoms with Gasteiger partial charge < -0.3 is 21.7 Å². The van der Waals surface area contributed by atoms with Crippen molar-refractivity contribution in [2.75, 3.05) is 19.6 Å². The SMILES string of the molecule is CCC(C)NCC(=O)NCCNC(N)=O. The molecule has 0 saturated carbocycles. The van der Waals surface area contributed by atoms with Gasteiger partial charge in [0.05, 0.1) is 6.54 Å². The van der Waals surface area contributed by atoms with Crippen LogP contribution in [0.1, 0.15) is 20.3 Å². The predicted molar refractivity (Wildman–Crippen MR) is 58.4 cm³/mol. The summed E-state index contributed by atoms with van der Waals surface area (Å²) in [5.74, 6) is -0.0819. The molecule has 88 valence electrons. The minimum Gasteiger partial charge on any atom is -0.353 e. The van der Waals surface area contributed by atoms with Crippen LogP contribution in [0.15, 0.2) is 0 Å². The van der Waals surface area contributed by atoms with E-state index in [1.165, 1.54) is 0 Å². The molecule has 0 bridgehead atoms. The molecule has 6 nitrogen and oxygen atoms in total. The first-order valence-corrected chi connectivity index (χ1v) is 5.09. The fraction of sp³-hybridized carbons (Fsp3) is 0.778. The van der Waals surface area contributed by atoms with Gasteiger partial charge in [-0.25, -0.2) is 4.79 Å². The number of urea groups is 1. The Morgan fingerprint density at radius 1 is 1.27 bits per heavy atom. The molecule has 3 amide bonds. The number of carbonyl (C=O) groups excluding carboxylic acids is 2. The van der Waals surface area contributed by atoms with Crippen LogP contribution in [0.25, 0.3) is 0 Å². The van der Waals surface area contributed by atoms with Crippen molar-refractivity contribution in [1.29, 1.82) is 0 Å². The molecule has 0 aliphatic carbocycles. The predicted octanol–water partition coefficient (Wildman–Crippen LogP) is -0.841. The van der Waals surface area contributed by atoms with Crippen LogP contribution in [-0.2, 0) is 4.79 Å². The molecular weight excluding hydrogens is 196 g/mol. The molecule has 1 atom stereocenters. The largest absolute Gasteiger partial charge is 0.353 e. The van der Waals surface area contributed by atoms with Gasteiger partial charge in [0.1, 0.15) is 0 Å². The van der Waals surface area contributed by atoms with Crippen LogP contribution in [-0.4, -0.2) is 37.6 Å². The first kappa shape index (κ1) is 13.7. The van der Waals surface area contributed by atoms with Crippen LogP contribution in [0.5, 0.6) is 0 Å². The lowest BCUT2D eigenvalue weighted by atomic mass is 10.2. The molecule has 0 aromatic carbocycles. The van der Waals surface area contributed by atoms with E-state index in [1.807, 2.05) is 13.8 Å². The van der Waals surface area contributed by atoms with Crippen molar-refractivity contribution in [2.24, 2.45) is 5.73 Å². The number of primary amides is 1. The van der Waals surface area contributed by atoms with E-state index in [-0.39, 0.29) is 5.91 Å². The Kier molecular flexibility index (Phi) is 7.35. The van der Waals surface area contributed by atoms with Crippen molar-refractivity contribution in [3.63, 3.8) is 0 Å². The number of nitrogens with one attached hydrogen (secondary N) is 3. The smallest absolute Gasteiger partial charge is 0.312 e. The lowest BCUT2D eigenvalue weighted by Gasteiger charge is -2.11. The van der Waals surface area contributed by atoms with E-state index >= 15 is 0 Å². The molecular formula is C9H20N4O2. The molecule has 0 rings (SSSR count). The van der Waals surface area contributed by atoms with E-state index in [0.29, 0.717) is 25.7 Å². The molecule has 0 aromatic rings. The Morgan fingerprint density at radius 3 is 2.40 bits per heavy atom. The highest BCUT2D eigenvalue weighted by atomic mass is 16.2. The molecule has 0 fully saturated rings. The van der Waals surface area contributed by atoms with Crippen LogP contribution in [0.2, 0.25) is 0 Å². The van der Waals surface area contributed by atoms with Gasteiger partial charge in [0, 0.05) is 19.1 Å². The number of nitrogens with two attached hydrogens (primary N) is 1. The summed E-state index contributed by atoms with van der Waals surface area (Å²) >= 11 is 0. The Labute approximate surface area is 90.0 Å². The van der Waals surface area contributed by atoms with Crippen LogP contribution in [0.4, 0.5) is 4.79 Å². The van der Waals surface area contributed by atoms with Gasteiger partial charge in [-0.05, 0) is 13.3 Å². The van der Waals surface area contributed by atoms with Crippen LogP contribution >= 0.6 is 0 Å². The van der Waals surface area contributed by atoms with E-state index in [1.54, 1.807) is 0 Å². The van der Waals surface area contributed by atoms with E-state index in [0.717, 1.165) is 6.42 Å². The standard InChI is InChI=1S/C9H20N4O2/c1-3-7(2)13-6-8(14)11-4-5-12-9(10)15/h7,13H,3-6H2,1-2H3,(H,11,14)(H3,10,12,15). The first-order chi connectivity index (χ1) is 7.06. The van der Waals surface area contributed by atoms with E-state index < -0.39 is 6.03 Å². The number of rotatable bonds is 7. The zero-order chi connectivity index (χ0) is 11.7. The van der Waals surface area contributed by atoms with E-state index in [2.05, 4.69) is 16.0 Å². The van der Waals surface area contributed by atoms with Gasteiger partial charge in [-0.1, -0.05) is 6.92 Å². The van der Waals surface area contributed by atoms with Crippen molar-refractivity contribution < 1.29 is 9.59 Å². The summed E-state index contributed by atoms with van der Waals surface area (Å²) in [4.78, 5) is 21.5. The second kappa shape index (κ2) is 8.05. The second-order valence-electron chi connectivity index (χ2n) is 3.33. The van der Waals surface area contributed by atoms with Gasteiger partial charge in [-0.3, -0.25) is 4.79 Å². The zero-order valence-corrected chi connectivity index (χ0v) is 9.30. The third kappa shape index (κ3) is 9.01. The Bertz CT molecular complexity index is 208. The lowest BCUT2D eigenvalue weighted by molar-refractivity contribution is -0.120. The normalized spacial score (nSPS) is 11.9. The fourth-order valence-corrected chi connectivity index (χ4v) is 0.861. The second-order valence-corrected chi connectivity index (χ2v) is 3.33. The first-order valence-electron chi connectivity index (χ1n) is 5.09. The highest BCUT2D eigenvalue weighted by molar-refractivity contribution is 5.78. The molecule has 0 spiro atoms. The fourth-order valence-electron chi connectivity index (χ4n) is 0.861. The highest BCUT2D eigenvalue weighted by Gasteiger charge is 2.02. The van der Waals surface area contributed by atoms with Gasteiger partial charge in [-0.2, -0.15) is 0 Å². The van der Waals surface area contributed by atoms with E-state index in [9.17, 15) is 9.59 Å². The number of carbonyl (C=O) groups is 2. The molecule has 0 aromatic heterocycles. The summed E-state index contributed by atoms with van der Waals surface area (Å²) in [7, 11) is 0. The Hall–Kier alpha value is -1.30. The van der Waals surface area contributed by atoms with Crippen molar-refractivity contribution >= 4 is 11.9 Å². The van der Waals surface area contributed by atoms with Crippen LogP contribution in [0, 0.1) is 0 Å². The maximum atomic E-state index is 11.2. The maximum Gasteiger partial charge on any atom is 0.312 e. The third-order valence-corrected chi connectivity index (χ3v) is 1.97. The number of hydrogen-bond acceptors (Lipinski definition) is 3. The monoisotopic (exact) mass is 216 g/mol. The van der Waals surface area contributed by atoms with E-state index in [4.69, 9.17) is 5.73 Å². The summed E-state index contributed by atoms with van der Waals surface area (Å²) in [6.07, 6.45) is 0.983. The van der Waals surface area contributed by atoms with Gasteiger partial charge >= 0.3 is 6.03 Å². The maximum absolute atomic E-state index is 11.2.